The minimum atomic E-state index is -0.977. The molecule has 2 aromatic carbocycles. The smallest absolute Gasteiger partial charge is 0.335 e. The number of nitrogens with zero attached hydrogens (tertiary/aromatic N) is 1. The van der Waals surface area contributed by atoms with E-state index in [2.05, 4.69) is 10.3 Å². The fraction of sp³-hybridized carbons (Fsp3) is 0.174. The Morgan fingerprint density at radius 2 is 1.83 bits per heavy atom. The number of nitrogens with one attached hydrogen (secondary N) is 1. The molecule has 0 aliphatic carbocycles. The van der Waals surface area contributed by atoms with E-state index in [-0.39, 0.29) is 11.5 Å². The normalized spacial score (nSPS) is 10.4. The van der Waals surface area contributed by atoms with E-state index < -0.39 is 5.97 Å². The molecular weight excluding hydrogens is 368 g/mol. The highest BCUT2D eigenvalue weighted by molar-refractivity contribution is 5.96. The van der Waals surface area contributed by atoms with Gasteiger partial charge in [-0.25, -0.2) is 4.79 Å². The standard InChI is InChI=1S/C23H22N2O4/c1-15-5-10-20(29-14-19-4-3-11-24-16(19)2)12-21(15)22(26)25-13-17-6-8-18(9-7-17)23(27)28/h3-12H,13-14H2,1-2H3,(H,25,26)(H,27,28). The van der Waals surface area contributed by atoms with Gasteiger partial charge in [0.05, 0.1) is 5.56 Å². The van der Waals surface area contributed by atoms with Gasteiger partial charge in [-0.3, -0.25) is 9.78 Å². The lowest BCUT2D eigenvalue weighted by Gasteiger charge is -2.12. The van der Waals surface area contributed by atoms with Crippen LogP contribution in [0.15, 0.2) is 60.8 Å². The molecular formula is C23H22N2O4. The quantitative estimate of drug-likeness (QED) is 0.639. The number of ether oxygens (including phenoxy) is 1. The van der Waals surface area contributed by atoms with Crippen molar-refractivity contribution in [1.82, 2.24) is 10.3 Å². The molecule has 0 saturated carbocycles. The van der Waals surface area contributed by atoms with Gasteiger partial charge in [0.2, 0.25) is 0 Å². The molecule has 2 N–H and O–H groups in total. The number of carboxylic acids is 1. The summed E-state index contributed by atoms with van der Waals surface area (Å²) in [5.41, 5.74) is 4.31. The average Bonchev–Trinajstić information content (AvgIpc) is 2.72. The van der Waals surface area contributed by atoms with Crippen molar-refractivity contribution >= 4 is 11.9 Å². The summed E-state index contributed by atoms with van der Waals surface area (Å²) in [5, 5.41) is 11.8. The molecule has 1 aromatic heterocycles. The molecule has 0 atom stereocenters. The number of carbonyl (C=O) groups is 2. The predicted molar refractivity (Wildman–Crippen MR) is 109 cm³/mol. The second-order valence-electron chi connectivity index (χ2n) is 6.70. The average molecular weight is 390 g/mol. The lowest BCUT2D eigenvalue weighted by molar-refractivity contribution is 0.0696. The van der Waals surface area contributed by atoms with Gasteiger partial charge in [0.15, 0.2) is 0 Å². The van der Waals surface area contributed by atoms with Gasteiger partial charge >= 0.3 is 5.97 Å². The first-order valence-electron chi connectivity index (χ1n) is 9.18. The molecule has 6 heteroatoms. The van der Waals surface area contributed by atoms with E-state index in [0.717, 1.165) is 22.4 Å². The van der Waals surface area contributed by atoms with Crippen LogP contribution >= 0.6 is 0 Å². The van der Waals surface area contributed by atoms with Crippen molar-refractivity contribution in [2.45, 2.75) is 27.0 Å². The van der Waals surface area contributed by atoms with Crippen molar-refractivity contribution in [2.75, 3.05) is 0 Å². The number of aromatic nitrogens is 1. The largest absolute Gasteiger partial charge is 0.489 e. The van der Waals surface area contributed by atoms with E-state index in [1.165, 1.54) is 12.1 Å². The van der Waals surface area contributed by atoms with E-state index >= 15 is 0 Å². The lowest BCUT2D eigenvalue weighted by atomic mass is 10.1. The van der Waals surface area contributed by atoms with Crippen molar-refractivity contribution in [3.05, 3.63) is 94.3 Å². The Morgan fingerprint density at radius 3 is 2.52 bits per heavy atom. The highest BCUT2D eigenvalue weighted by Crippen LogP contribution is 2.19. The van der Waals surface area contributed by atoms with E-state index in [9.17, 15) is 9.59 Å². The number of carbonyl (C=O) groups excluding carboxylic acids is 1. The Kier molecular flexibility index (Phi) is 6.24. The van der Waals surface area contributed by atoms with Gasteiger partial charge in [0.25, 0.3) is 5.91 Å². The number of amides is 1. The van der Waals surface area contributed by atoms with Crippen molar-refractivity contribution in [1.29, 1.82) is 0 Å². The fourth-order valence-electron chi connectivity index (χ4n) is 2.81. The molecule has 0 fully saturated rings. The number of rotatable bonds is 7. The molecule has 1 amide bonds. The highest BCUT2D eigenvalue weighted by Gasteiger charge is 2.11. The topological polar surface area (TPSA) is 88.5 Å². The van der Waals surface area contributed by atoms with Crippen LogP contribution in [0.2, 0.25) is 0 Å². The predicted octanol–water partition coefficient (Wildman–Crippen LogP) is 3.91. The monoisotopic (exact) mass is 390 g/mol. The number of aromatic carboxylic acids is 1. The number of carboxylic acid groups (broad SMARTS) is 1. The van der Waals surface area contributed by atoms with Gasteiger partial charge in [0.1, 0.15) is 12.4 Å². The van der Waals surface area contributed by atoms with Gasteiger partial charge in [0, 0.05) is 29.6 Å². The maximum atomic E-state index is 12.6. The lowest BCUT2D eigenvalue weighted by Crippen LogP contribution is -2.23. The first-order valence-corrected chi connectivity index (χ1v) is 9.18. The van der Waals surface area contributed by atoms with Crippen molar-refractivity contribution in [3.63, 3.8) is 0 Å². The zero-order chi connectivity index (χ0) is 20.8. The summed E-state index contributed by atoms with van der Waals surface area (Å²) in [6.45, 7) is 4.47. The molecule has 0 radical (unpaired) electrons. The molecule has 29 heavy (non-hydrogen) atoms. The zero-order valence-electron chi connectivity index (χ0n) is 16.3. The summed E-state index contributed by atoms with van der Waals surface area (Å²) in [6, 6.07) is 15.6. The van der Waals surface area contributed by atoms with Crippen molar-refractivity contribution in [3.8, 4) is 5.75 Å². The van der Waals surface area contributed by atoms with Gasteiger partial charge in [-0.2, -0.15) is 0 Å². The summed E-state index contributed by atoms with van der Waals surface area (Å²) in [5.74, 6) is -0.586. The van der Waals surface area contributed by atoms with Crippen LogP contribution in [0.1, 0.15) is 43.1 Å². The van der Waals surface area contributed by atoms with E-state index in [1.54, 1.807) is 24.4 Å². The van der Waals surface area contributed by atoms with Gasteiger partial charge in [-0.1, -0.05) is 24.3 Å². The van der Waals surface area contributed by atoms with Crippen molar-refractivity contribution < 1.29 is 19.4 Å². The number of hydrogen-bond acceptors (Lipinski definition) is 4. The summed E-state index contributed by atoms with van der Waals surface area (Å²) in [6.07, 6.45) is 1.74. The van der Waals surface area contributed by atoms with Gasteiger partial charge in [-0.15, -0.1) is 0 Å². The van der Waals surface area contributed by atoms with Crippen LogP contribution in [-0.4, -0.2) is 22.0 Å². The summed E-state index contributed by atoms with van der Waals surface area (Å²) in [7, 11) is 0. The van der Waals surface area contributed by atoms with Crippen LogP contribution in [0.5, 0.6) is 5.75 Å². The third kappa shape index (κ3) is 5.19. The molecule has 6 nitrogen and oxygen atoms in total. The van der Waals surface area contributed by atoms with E-state index in [0.29, 0.717) is 24.5 Å². The molecule has 0 unspecified atom stereocenters. The molecule has 0 spiro atoms. The van der Waals surface area contributed by atoms with Crippen LogP contribution in [0.25, 0.3) is 0 Å². The van der Waals surface area contributed by atoms with Gasteiger partial charge in [-0.05, 0) is 55.3 Å². The van der Waals surface area contributed by atoms with Crippen LogP contribution < -0.4 is 10.1 Å². The minimum absolute atomic E-state index is 0.213. The number of benzene rings is 2. The Labute approximate surface area is 169 Å². The third-order valence-corrected chi connectivity index (χ3v) is 4.62. The van der Waals surface area contributed by atoms with E-state index in [1.807, 2.05) is 38.1 Å². The maximum absolute atomic E-state index is 12.6. The van der Waals surface area contributed by atoms with E-state index in [4.69, 9.17) is 9.84 Å². The summed E-state index contributed by atoms with van der Waals surface area (Å²) < 4.78 is 5.84. The number of aryl methyl sites for hydroxylation is 2. The van der Waals surface area contributed by atoms with Crippen LogP contribution in [-0.2, 0) is 13.2 Å². The first-order chi connectivity index (χ1) is 13.9. The summed E-state index contributed by atoms with van der Waals surface area (Å²) >= 11 is 0. The third-order valence-electron chi connectivity index (χ3n) is 4.62. The Hall–Kier alpha value is -3.67. The highest BCUT2D eigenvalue weighted by atomic mass is 16.5. The molecule has 0 aliphatic heterocycles. The molecule has 148 valence electrons. The van der Waals surface area contributed by atoms with Gasteiger partial charge < -0.3 is 15.2 Å². The molecule has 3 rings (SSSR count). The zero-order valence-corrected chi connectivity index (χ0v) is 16.3. The fourth-order valence-corrected chi connectivity index (χ4v) is 2.81. The minimum Gasteiger partial charge on any atom is -0.489 e. The number of hydrogen-bond donors (Lipinski definition) is 2. The SMILES string of the molecule is Cc1ccc(OCc2cccnc2C)cc1C(=O)NCc1ccc(C(=O)O)cc1. The number of pyridine rings is 1. The molecule has 1 heterocycles. The van der Waals surface area contributed by atoms with Crippen molar-refractivity contribution in [2.24, 2.45) is 0 Å². The van der Waals surface area contributed by atoms with Crippen LogP contribution in [0, 0.1) is 13.8 Å². The molecule has 0 bridgehead atoms. The first kappa shape index (κ1) is 20.1. The summed E-state index contributed by atoms with van der Waals surface area (Å²) in [4.78, 5) is 27.8. The van der Waals surface area contributed by atoms with Crippen LogP contribution in [0.3, 0.4) is 0 Å². The maximum Gasteiger partial charge on any atom is 0.335 e. The Morgan fingerprint density at radius 1 is 1.07 bits per heavy atom. The van der Waals surface area contributed by atoms with Crippen LogP contribution in [0.4, 0.5) is 0 Å². The Bertz CT molecular complexity index is 1030. The molecule has 3 aromatic rings. The molecule has 0 saturated heterocycles. The second-order valence-corrected chi connectivity index (χ2v) is 6.70. The molecule has 0 aliphatic rings. The Balaban J connectivity index is 1.64. The second kappa shape index (κ2) is 9.01.